The first-order chi connectivity index (χ1) is 5.18. The number of halogens is 1. The molecular weight excluding hydrogens is 320 g/mol. The summed E-state index contributed by atoms with van der Waals surface area (Å²) in [6, 6.07) is 7.55. The van der Waals surface area contributed by atoms with Crippen molar-refractivity contribution in [1.29, 1.82) is 0 Å². The normalized spacial score (nSPS) is 8.58. The van der Waals surface area contributed by atoms with Crippen molar-refractivity contribution in [2.75, 3.05) is 0 Å². The van der Waals surface area contributed by atoms with E-state index in [1.165, 1.54) is 11.1 Å². The van der Waals surface area contributed by atoms with Gasteiger partial charge in [-0.15, -0.1) is 0 Å². The second-order valence-corrected chi connectivity index (χ2v) is 3.95. The van der Waals surface area contributed by atoms with Gasteiger partial charge < -0.3 is 24.0 Å². The van der Waals surface area contributed by atoms with E-state index in [0.717, 1.165) is 18.3 Å². The van der Waals surface area contributed by atoms with Crippen LogP contribution in [0, 0.1) is 0 Å². The first kappa shape index (κ1) is 12.0. The number of carbonyl (C=O) groups excluding carboxylic acids is 1. The minimum absolute atomic E-state index is 0. The Kier molecular flexibility index (Phi) is 5.67. The topological polar surface area (TPSA) is 26.3 Å². The molecule has 1 aromatic carbocycles. The monoisotopic (exact) mass is 326 g/mol. The van der Waals surface area contributed by atoms with E-state index >= 15 is 0 Å². The Balaban J connectivity index is 0.00000121. The van der Waals surface area contributed by atoms with Crippen molar-refractivity contribution in [2.24, 2.45) is 0 Å². The first-order valence-electron chi connectivity index (χ1n) is 3.29. The molecular formula is C8H7IO2Zn. The predicted octanol–water partition coefficient (Wildman–Crippen LogP) is -2.21. The average molecular weight is 327 g/mol. The molecule has 1 aromatic rings. The standard InChI is InChI=1S/C8H7O2.HI.Zn/c1-7(9)10-8-5-3-2-4-6-8;;/h2-3,5-6H,1H3;1H;/q;;+1/p-1. The minimum atomic E-state index is -0.268. The molecule has 0 aliphatic rings. The van der Waals surface area contributed by atoms with Crippen molar-refractivity contribution in [3.05, 3.63) is 24.3 Å². The maximum atomic E-state index is 10.5. The zero-order valence-corrected chi connectivity index (χ0v) is 11.8. The minimum Gasteiger partial charge on any atom is -1.00 e. The fourth-order valence-corrected chi connectivity index (χ4v) is 1.48. The van der Waals surface area contributed by atoms with E-state index in [1.54, 1.807) is 6.07 Å². The van der Waals surface area contributed by atoms with E-state index in [9.17, 15) is 4.79 Å². The van der Waals surface area contributed by atoms with Crippen LogP contribution in [0.3, 0.4) is 0 Å². The van der Waals surface area contributed by atoms with Crippen LogP contribution in [-0.4, -0.2) is 5.97 Å². The Morgan fingerprint density at radius 1 is 1.50 bits per heavy atom. The molecule has 0 bridgehead atoms. The Morgan fingerprint density at radius 3 is 2.67 bits per heavy atom. The Morgan fingerprint density at radius 2 is 2.17 bits per heavy atom. The van der Waals surface area contributed by atoms with E-state index in [0.29, 0.717) is 5.75 Å². The third kappa shape index (κ3) is 4.16. The van der Waals surface area contributed by atoms with Crippen LogP contribution in [-0.2, 0) is 23.1 Å². The van der Waals surface area contributed by atoms with Crippen LogP contribution in [0.15, 0.2) is 24.3 Å². The number of esters is 1. The summed E-state index contributed by atoms with van der Waals surface area (Å²) in [5, 5.41) is 0. The summed E-state index contributed by atoms with van der Waals surface area (Å²) in [4.78, 5) is 10.5. The smallest absolute Gasteiger partial charge is 1.00 e. The van der Waals surface area contributed by atoms with Gasteiger partial charge in [-0.2, -0.15) is 0 Å². The van der Waals surface area contributed by atoms with Gasteiger partial charge in [-0.1, -0.05) is 0 Å². The largest absolute Gasteiger partial charge is 1.00 e. The van der Waals surface area contributed by atoms with Crippen molar-refractivity contribution >= 4 is 10.1 Å². The van der Waals surface area contributed by atoms with Gasteiger partial charge in [0.2, 0.25) is 0 Å². The second-order valence-electron chi connectivity index (χ2n) is 2.24. The maximum absolute atomic E-state index is 10.5. The van der Waals surface area contributed by atoms with Crippen molar-refractivity contribution in [3.8, 4) is 5.75 Å². The zero-order valence-electron chi connectivity index (χ0n) is 6.71. The number of hydrogen-bond acceptors (Lipinski definition) is 2. The van der Waals surface area contributed by atoms with Gasteiger partial charge in [-0.3, -0.25) is 0 Å². The van der Waals surface area contributed by atoms with Crippen LogP contribution in [0.4, 0.5) is 0 Å². The molecule has 0 spiro atoms. The summed E-state index contributed by atoms with van der Waals surface area (Å²) in [5.74, 6) is 0.372. The fraction of sp³-hybridized carbons (Fsp3) is 0.125. The van der Waals surface area contributed by atoms with E-state index in [1.807, 2.05) is 18.2 Å². The van der Waals surface area contributed by atoms with Crippen LogP contribution in [0.1, 0.15) is 6.92 Å². The van der Waals surface area contributed by atoms with Crippen molar-refractivity contribution in [1.82, 2.24) is 0 Å². The molecule has 0 unspecified atom stereocenters. The molecule has 0 saturated heterocycles. The second kappa shape index (κ2) is 5.65. The number of ether oxygens (including phenoxy) is 1. The third-order valence-corrected chi connectivity index (χ3v) is 2.08. The number of hydrogen-bond donors (Lipinski definition) is 0. The molecule has 0 amide bonds. The molecule has 0 saturated carbocycles. The molecule has 0 heterocycles. The number of carbonyl (C=O) groups is 1. The van der Waals surface area contributed by atoms with E-state index in [2.05, 4.69) is 0 Å². The average Bonchev–Trinajstić information content (AvgIpc) is 1.85. The molecule has 0 radical (unpaired) electrons. The summed E-state index contributed by atoms with van der Waals surface area (Å²) < 4.78 is 6.09. The van der Waals surface area contributed by atoms with Crippen molar-refractivity contribution in [2.45, 2.75) is 6.92 Å². The molecule has 0 fully saturated rings. The van der Waals surface area contributed by atoms with Gasteiger partial charge in [0.25, 0.3) is 0 Å². The van der Waals surface area contributed by atoms with Gasteiger partial charge in [-0.05, 0) is 0 Å². The quantitative estimate of drug-likeness (QED) is 0.253. The summed E-state index contributed by atoms with van der Waals surface area (Å²) in [7, 11) is 0. The molecule has 0 N–H and O–H groups in total. The Labute approximate surface area is 98.4 Å². The molecule has 0 atom stereocenters. The van der Waals surface area contributed by atoms with E-state index in [-0.39, 0.29) is 29.9 Å². The molecule has 2 nitrogen and oxygen atoms in total. The molecule has 0 aliphatic heterocycles. The van der Waals surface area contributed by atoms with E-state index in [4.69, 9.17) is 4.74 Å². The molecule has 4 heteroatoms. The molecule has 0 aromatic heterocycles. The van der Waals surface area contributed by atoms with Gasteiger partial charge in [0.05, 0.1) is 0 Å². The van der Waals surface area contributed by atoms with Gasteiger partial charge in [0.1, 0.15) is 0 Å². The Bertz CT molecular complexity index is 276. The number of rotatable bonds is 1. The SMILES string of the molecule is CC(=O)Oc1ccc[c]([Zn+])c1.[I-]. The Hall–Kier alpha value is 0.0434. The van der Waals surface area contributed by atoms with Gasteiger partial charge in [0.15, 0.2) is 0 Å². The van der Waals surface area contributed by atoms with Crippen LogP contribution in [0.2, 0.25) is 0 Å². The van der Waals surface area contributed by atoms with Crippen molar-refractivity contribution in [3.63, 3.8) is 0 Å². The van der Waals surface area contributed by atoms with Gasteiger partial charge in [0, 0.05) is 0 Å². The third-order valence-electron chi connectivity index (χ3n) is 1.16. The summed E-state index contributed by atoms with van der Waals surface area (Å²) in [6.07, 6.45) is 0. The predicted molar refractivity (Wildman–Crippen MR) is 37.4 cm³/mol. The van der Waals surface area contributed by atoms with Crippen LogP contribution in [0.25, 0.3) is 0 Å². The van der Waals surface area contributed by atoms with E-state index < -0.39 is 0 Å². The molecule has 12 heavy (non-hydrogen) atoms. The summed E-state index contributed by atoms with van der Waals surface area (Å²) >= 11 is 1.08. The summed E-state index contributed by atoms with van der Waals surface area (Å²) in [6.45, 7) is 1.40. The molecule has 60 valence electrons. The molecule has 0 aliphatic carbocycles. The van der Waals surface area contributed by atoms with Crippen molar-refractivity contribution < 1.29 is 51.8 Å². The van der Waals surface area contributed by atoms with Crippen LogP contribution in [0.5, 0.6) is 5.75 Å². The van der Waals surface area contributed by atoms with Gasteiger partial charge in [-0.25, -0.2) is 0 Å². The van der Waals surface area contributed by atoms with Crippen LogP contribution < -0.4 is 32.9 Å². The first-order valence-corrected chi connectivity index (χ1v) is 4.77. The fourth-order valence-electron chi connectivity index (χ4n) is 0.775. The maximum Gasteiger partial charge on any atom is -1.00 e. The molecule has 1 rings (SSSR count). The number of benzene rings is 1. The van der Waals surface area contributed by atoms with Crippen LogP contribution >= 0.6 is 0 Å². The summed E-state index contributed by atoms with van der Waals surface area (Å²) in [5.41, 5.74) is 0. The van der Waals surface area contributed by atoms with Gasteiger partial charge >= 0.3 is 74.9 Å². The zero-order chi connectivity index (χ0) is 8.27.